The summed E-state index contributed by atoms with van der Waals surface area (Å²) in [5.41, 5.74) is 3.96. The van der Waals surface area contributed by atoms with E-state index in [9.17, 15) is 23.1 Å². The monoisotopic (exact) mass is 249 g/mol. The largest absolute Gasteiger partial charge is 0.507 e. The number of benzene rings is 1. The average molecular weight is 249 g/mol. The van der Waals surface area contributed by atoms with E-state index < -0.39 is 29.5 Å². The van der Waals surface area contributed by atoms with Crippen LogP contribution in [0.3, 0.4) is 0 Å². The number of phenols is 1. The highest BCUT2D eigenvalue weighted by molar-refractivity contribution is 5.88. The van der Waals surface area contributed by atoms with E-state index in [1.807, 2.05) is 0 Å². The van der Waals surface area contributed by atoms with Crippen molar-refractivity contribution in [3.05, 3.63) is 28.8 Å². The fraction of sp³-hybridized carbons (Fsp3) is 0.300. The summed E-state index contributed by atoms with van der Waals surface area (Å²) in [7, 11) is 0. The van der Waals surface area contributed by atoms with E-state index in [2.05, 4.69) is 0 Å². The molecule has 4 nitrogen and oxygen atoms in total. The number of phenolic OH excluding ortho intramolecular Hbond substituents is 1. The molecule has 0 amide bonds. The molecule has 0 aliphatic carbocycles. The summed E-state index contributed by atoms with van der Waals surface area (Å²) in [6, 6.07) is -0.618. The lowest BCUT2D eigenvalue weighted by molar-refractivity contribution is -0.149. The van der Waals surface area contributed by atoms with Gasteiger partial charge in [0.15, 0.2) is 0 Å². The third kappa shape index (κ3) is 2.68. The molecule has 0 heterocycles. The van der Waals surface area contributed by atoms with Crippen LogP contribution in [0.4, 0.5) is 13.2 Å². The van der Waals surface area contributed by atoms with Gasteiger partial charge in [-0.3, -0.25) is 0 Å². The van der Waals surface area contributed by atoms with Crippen molar-refractivity contribution in [2.75, 3.05) is 0 Å². The molecule has 17 heavy (non-hydrogen) atoms. The maximum atomic E-state index is 12.4. The normalized spacial score (nSPS) is 13.5. The Morgan fingerprint density at radius 2 is 1.94 bits per heavy atom. The SMILES string of the molecule is Cc1cc(C(=O)O)cc([C@H](N)C(F)(F)F)c1O. The van der Waals surface area contributed by atoms with Crippen LogP contribution in [0.2, 0.25) is 0 Å². The lowest BCUT2D eigenvalue weighted by Gasteiger charge is -2.18. The summed E-state index contributed by atoms with van der Waals surface area (Å²) >= 11 is 0. The second-order valence-corrected chi connectivity index (χ2v) is 3.56. The first-order valence-electron chi connectivity index (χ1n) is 4.53. The fourth-order valence-corrected chi connectivity index (χ4v) is 1.34. The summed E-state index contributed by atoms with van der Waals surface area (Å²) in [6.07, 6.45) is -4.75. The van der Waals surface area contributed by atoms with Crippen LogP contribution in [0.1, 0.15) is 27.5 Å². The van der Waals surface area contributed by atoms with Crippen molar-refractivity contribution < 1.29 is 28.2 Å². The summed E-state index contributed by atoms with van der Waals surface area (Å²) in [4.78, 5) is 10.7. The summed E-state index contributed by atoms with van der Waals surface area (Å²) in [5, 5.41) is 18.2. The predicted octanol–water partition coefficient (Wildman–Crippen LogP) is 1.96. The van der Waals surface area contributed by atoms with Gasteiger partial charge in [-0.1, -0.05) is 0 Å². The number of rotatable bonds is 2. The number of aryl methyl sites for hydroxylation is 1. The van der Waals surface area contributed by atoms with Crippen LogP contribution in [-0.2, 0) is 0 Å². The highest BCUT2D eigenvalue weighted by Gasteiger charge is 2.39. The number of alkyl halides is 3. The quantitative estimate of drug-likeness (QED) is 0.748. The van der Waals surface area contributed by atoms with Crippen molar-refractivity contribution in [1.82, 2.24) is 0 Å². The number of hydrogen-bond acceptors (Lipinski definition) is 3. The molecule has 0 saturated carbocycles. The number of carboxylic acid groups (broad SMARTS) is 1. The van der Waals surface area contributed by atoms with E-state index in [0.29, 0.717) is 0 Å². The summed E-state index contributed by atoms with van der Waals surface area (Å²) in [6.45, 7) is 1.30. The van der Waals surface area contributed by atoms with Crippen molar-refractivity contribution in [3.8, 4) is 5.75 Å². The van der Waals surface area contributed by atoms with E-state index in [0.717, 1.165) is 12.1 Å². The highest BCUT2D eigenvalue weighted by Crippen LogP contribution is 2.37. The molecule has 1 atom stereocenters. The number of carbonyl (C=O) groups is 1. The Balaban J connectivity index is 3.37. The molecule has 0 aromatic heterocycles. The van der Waals surface area contributed by atoms with E-state index in [4.69, 9.17) is 10.8 Å². The van der Waals surface area contributed by atoms with Gasteiger partial charge in [-0.15, -0.1) is 0 Å². The molecule has 1 rings (SSSR count). The molecule has 0 spiro atoms. The molecule has 0 radical (unpaired) electrons. The van der Waals surface area contributed by atoms with E-state index in [1.54, 1.807) is 0 Å². The van der Waals surface area contributed by atoms with Crippen LogP contribution in [0.25, 0.3) is 0 Å². The number of carboxylic acids is 1. The van der Waals surface area contributed by atoms with E-state index >= 15 is 0 Å². The molecular formula is C10H10F3NO3. The number of aromatic hydroxyl groups is 1. The second kappa shape index (κ2) is 4.25. The summed E-state index contributed by atoms with van der Waals surface area (Å²) < 4.78 is 37.2. The second-order valence-electron chi connectivity index (χ2n) is 3.56. The van der Waals surface area contributed by atoms with Gasteiger partial charge in [-0.25, -0.2) is 4.79 Å². The Bertz CT molecular complexity index is 457. The third-order valence-electron chi connectivity index (χ3n) is 2.26. The lowest BCUT2D eigenvalue weighted by atomic mass is 9.99. The number of nitrogens with two attached hydrogens (primary N) is 1. The number of halogens is 3. The summed E-state index contributed by atoms with van der Waals surface area (Å²) in [5.74, 6) is -2.02. The third-order valence-corrected chi connectivity index (χ3v) is 2.26. The van der Waals surface area contributed by atoms with Crippen LogP contribution in [0.15, 0.2) is 12.1 Å². The Hall–Kier alpha value is -1.76. The average Bonchev–Trinajstić information content (AvgIpc) is 2.19. The van der Waals surface area contributed by atoms with Crippen LogP contribution in [0.5, 0.6) is 5.75 Å². The molecule has 1 aromatic carbocycles. The first-order valence-corrected chi connectivity index (χ1v) is 4.53. The molecule has 0 fully saturated rings. The maximum absolute atomic E-state index is 12.4. The Morgan fingerprint density at radius 3 is 2.35 bits per heavy atom. The smallest absolute Gasteiger partial charge is 0.407 e. The van der Waals surface area contributed by atoms with Gasteiger partial charge < -0.3 is 15.9 Å². The van der Waals surface area contributed by atoms with Gasteiger partial charge in [0.05, 0.1) is 5.56 Å². The van der Waals surface area contributed by atoms with Crippen LogP contribution < -0.4 is 5.73 Å². The van der Waals surface area contributed by atoms with Crippen molar-refractivity contribution >= 4 is 5.97 Å². The molecule has 0 unspecified atom stereocenters. The van der Waals surface area contributed by atoms with Gasteiger partial charge >= 0.3 is 12.1 Å². The van der Waals surface area contributed by atoms with Crippen LogP contribution >= 0.6 is 0 Å². The van der Waals surface area contributed by atoms with Gasteiger partial charge in [0.1, 0.15) is 11.8 Å². The number of hydrogen-bond donors (Lipinski definition) is 3. The molecule has 94 valence electrons. The highest BCUT2D eigenvalue weighted by atomic mass is 19.4. The van der Waals surface area contributed by atoms with E-state index in [-0.39, 0.29) is 11.1 Å². The van der Waals surface area contributed by atoms with E-state index in [1.165, 1.54) is 6.92 Å². The molecule has 7 heteroatoms. The Labute approximate surface area is 94.5 Å². The zero-order valence-electron chi connectivity index (χ0n) is 8.75. The maximum Gasteiger partial charge on any atom is 0.407 e. The molecule has 0 aliphatic rings. The topological polar surface area (TPSA) is 83.5 Å². The Kier molecular flexibility index (Phi) is 3.33. The zero-order valence-corrected chi connectivity index (χ0v) is 8.75. The van der Waals surface area contributed by atoms with Gasteiger partial charge in [-0.2, -0.15) is 13.2 Å². The first-order chi connectivity index (χ1) is 7.64. The van der Waals surface area contributed by atoms with Crippen LogP contribution in [-0.4, -0.2) is 22.4 Å². The number of aromatic carboxylic acids is 1. The van der Waals surface area contributed by atoms with Crippen molar-refractivity contribution in [1.29, 1.82) is 0 Å². The zero-order chi connectivity index (χ0) is 13.4. The van der Waals surface area contributed by atoms with Gasteiger partial charge in [0.2, 0.25) is 0 Å². The minimum atomic E-state index is -4.75. The van der Waals surface area contributed by atoms with Gasteiger partial charge in [0, 0.05) is 5.56 Å². The Morgan fingerprint density at radius 1 is 1.41 bits per heavy atom. The molecule has 0 aliphatic heterocycles. The standard InChI is InChI=1S/C10H10F3NO3/c1-4-2-5(9(16)17)3-6(7(4)15)8(14)10(11,12)13/h2-3,8,15H,14H2,1H3,(H,16,17)/t8-/m0/s1. The molecular weight excluding hydrogens is 239 g/mol. The van der Waals surface area contributed by atoms with Gasteiger partial charge in [0.25, 0.3) is 0 Å². The lowest BCUT2D eigenvalue weighted by Crippen LogP contribution is -2.28. The van der Waals surface area contributed by atoms with Crippen molar-refractivity contribution in [2.45, 2.75) is 19.1 Å². The van der Waals surface area contributed by atoms with Crippen molar-refractivity contribution in [3.63, 3.8) is 0 Å². The minimum Gasteiger partial charge on any atom is -0.507 e. The molecule has 1 aromatic rings. The minimum absolute atomic E-state index is 0.0274. The predicted molar refractivity (Wildman–Crippen MR) is 52.8 cm³/mol. The molecule has 0 bridgehead atoms. The molecule has 0 saturated heterocycles. The molecule has 4 N–H and O–H groups in total. The van der Waals surface area contributed by atoms with Crippen molar-refractivity contribution in [2.24, 2.45) is 5.73 Å². The fourth-order valence-electron chi connectivity index (χ4n) is 1.34. The van der Waals surface area contributed by atoms with Gasteiger partial charge in [-0.05, 0) is 24.6 Å². The first kappa shape index (κ1) is 13.3. The van der Waals surface area contributed by atoms with Crippen LogP contribution in [0, 0.1) is 6.92 Å².